The van der Waals surface area contributed by atoms with Gasteiger partial charge in [0.1, 0.15) is 0 Å². The summed E-state index contributed by atoms with van der Waals surface area (Å²) < 4.78 is 5.63. The molecule has 1 aromatic heterocycles. The Morgan fingerprint density at radius 3 is 3.25 bits per heavy atom. The van der Waals surface area contributed by atoms with Gasteiger partial charge in [-0.15, -0.1) is 0 Å². The topological polar surface area (TPSA) is 51.4 Å². The molecule has 0 amide bonds. The largest absolute Gasteiger partial charge is 0.399 e. The molecule has 1 aliphatic heterocycles. The predicted octanol–water partition coefficient (Wildman–Crippen LogP) is 1.27. The van der Waals surface area contributed by atoms with E-state index in [2.05, 4.69) is 16.8 Å². The first-order chi connectivity index (χ1) is 7.78. The molecule has 88 valence electrons. The van der Waals surface area contributed by atoms with Crippen molar-refractivity contribution in [3.05, 3.63) is 24.0 Å². The first-order valence-electron chi connectivity index (χ1n) is 5.82. The lowest BCUT2D eigenvalue weighted by Crippen LogP contribution is -2.41. The van der Waals surface area contributed by atoms with Gasteiger partial charge in [0, 0.05) is 31.5 Å². The van der Waals surface area contributed by atoms with Crippen LogP contribution in [0.1, 0.15) is 19.0 Å². The zero-order chi connectivity index (χ0) is 11.4. The van der Waals surface area contributed by atoms with Crippen LogP contribution in [-0.4, -0.2) is 35.7 Å². The van der Waals surface area contributed by atoms with Crippen molar-refractivity contribution < 1.29 is 4.74 Å². The molecule has 1 fully saturated rings. The van der Waals surface area contributed by atoms with E-state index in [9.17, 15) is 0 Å². The Balaban J connectivity index is 1.94. The average molecular weight is 221 g/mol. The van der Waals surface area contributed by atoms with E-state index in [1.54, 1.807) is 6.20 Å². The third-order valence-corrected chi connectivity index (χ3v) is 2.90. The van der Waals surface area contributed by atoms with Gasteiger partial charge >= 0.3 is 0 Å². The van der Waals surface area contributed by atoms with Crippen LogP contribution in [0.15, 0.2) is 18.3 Å². The molecule has 0 aromatic carbocycles. The van der Waals surface area contributed by atoms with Crippen LogP contribution in [0, 0.1) is 0 Å². The lowest BCUT2D eigenvalue weighted by molar-refractivity contribution is -0.0328. The van der Waals surface area contributed by atoms with E-state index >= 15 is 0 Å². The summed E-state index contributed by atoms with van der Waals surface area (Å²) in [6, 6.07) is 3.76. The van der Waals surface area contributed by atoms with Crippen molar-refractivity contribution >= 4 is 5.69 Å². The summed E-state index contributed by atoms with van der Waals surface area (Å²) in [4.78, 5) is 6.70. The highest BCUT2D eigenvalue weighted by Gasteiger charge is 2.19. The molecule has 1 unspecified atom stereocenters. The fraction of sp³-hybridized carbons (Fsp3) is 0.583. The minimum atomic E-state index is 0.370. The number of nitrogen functional groups attached to an aromatic ring is 1. The normalized spacial score (nSPS) is 22.2. The van der Waals surface area contributed by atoms with Gasteiger partial charge in [0.05, 0.1) is 18.4 Å². The van der Waals surface area contributed by atoms with E-state index in [1.165, 1.54) is 0 Å². The molecule has 0 bridgehead atoms. The molecule has 2 heterocycles. The van der Waals surface area contributed by atoms with Crippen LogP contribution in [0.25, 0.3) is 0 Å². The van der Waals surface area contributed by atoms with Gasteiger partial charge in [0.25, 0.3) is 0 Å². The van der Waals surface area contributed by atoms with Crippen molar-refractivity contribution in [2.75, 3.05) is 25.4 Å². The molecule has 2 rings (SSSR count). The average Bonchev–Trinajstić information content (AvgIpc) is 2.29. The van der Waals surface area contributed by atoms with E-state index < -0.39 is 0 Å². The van der Waals surface area contributed by atoms with Crippen molar-refractivity contribution in [3.63, 3.8) is 0 Å². The van der Waals surface area contributed by atoms with Gasteiger partial charge in [-0.1, -0.05) is 6.92 Å². The number of anilines is 1. The van der Waals surface area contributed by atoms with Gasteiger partial charge in [0.15, 0.2) is 0 Å². The number of hydrogen-bond donors (Lipinski definition) is 1. The van der Waals surface area contributed by atoms with Gasteiger partial charge in [-0.3, -0.25) is 9.88 Å². The van der Waals surface area contributed by atoms with Crippen molar-refractivity contribution in [3.8, 4) is 0 Å². The fourth-order valence-electron chi connectivity index (χ4n) is 1.98. The standard InChI is InChI=1S/C12H19N3O/c1-2-12-9-15(5-6-16-12)8-11-7-10(13)3-4-14-11/h3-4,7,12H,2,5-6,8-9H2,1H3,(H2,13,14). The lowest BCUT2D eigenvalue weighted by atomic mass is 10.2. The highest BCUT2D eigenvalue weighted by molar-refractivity contribution is 5.37. The smallest absolute Gasteiger partial charge is 0.0700 e. The number of rotatable bonds is 3. The van der Waals surface area contributed by atoms with Crippen molar-refractivity contribution in [1.29, 1.82) is 0 Å². The summed E-state index contributed by atoms with van der Waals surface area (Å²) >= 11 is 0. The Morgan fingerprint density at radius 2 is 2.50 bits per heavy atom. The van der Waals surface area contributed by atoms with Crippen molar-refractivity contribution in [1.82, 2.24) is 9.88 Å². The monoisotopic (exact) mass is 221 g/mol. The zero-order valence-corrected chi connectivity index (χ0v) is 9.72. The van der Waals surface area contributed by atoms with E-state index in [1.807, 2.05) is 12.1 Å². The molecule has 4 nitrogen and oxygen atoms in total. The molecule has 1 atom stereocenters. The second kappa shape index (κ2) is 5.27. The molecule has 1 aromatic rings. The van der Waals surface area contributed by atoms with Crippen LogP contribution in [0.4, 0.5) is 5.69 Å². The van der Waals surface area contributed by atoms with Crippen LogP contribution < -0.4 is 5.73 Å². The Labute approximate surface area is 96.4 Å². The van der Waals surface area contributed by atoms with Crippen LogP contribution in [-0.2, 0) is 11.3 Å². The highest BCUT2D eigenvalue weighted by Crippen LogP contribution is 2.12. The van der Waals surface area contributed by atoms with E-state index in [0.29, 0.717) is 6.10 Å². The first-order valence-corrected chi connectivity index (χ1v) is 5.82. The van der Waals surface area contributed by atoms with Crippen molar-refractivity contribution in [2.45, 2.75) is 26.0 Å². The lowest BCUT2D eigenvalue weighted by Gasteiger charge is -2.32. The summed E-state index contributed by atoms with van der Waals surface area (Å²) in [5, 5.41) is 0. The van der Waals surface area contributed by atoms with Gasteiger partial charge in [-0.2, -0.15) is 0 Å². The van der Waals surface area contributed by atoms with Crippen LogP contribution in [0.5, 0.6) is 0 Å². The molecule has 0 spiro atoms. The van der Waals surface area contributed by atoms with Gasteiger partial charge in [-0.25, -0.2) is 0 Å². The summed E-state index contributed by atoms with van der Waals surface area (Å²) in [5.74, 6) is 0. The zero-order valence-electron chi connectivity index (χ0n) is 9.72. The number of aromatic nitrogens is 1. The number of morpholine rings is 1. The Hall–Kier alpha value is -1.13. The van der Waals surface area contributed by atoms with Crippen LogP contribution >= 0.6 is 0 Å². The molecule has 2 N–H and O–H groups in total. The molecule has 4 heteroatoms. The Morgan fingerprint density at radius 1 is 1.62 bits per heavy atom. The molecule has 1 saturated heterocycles. The van der Waals surface area contributed by atoms with E-state index in [0.717, 1.165) is 44.0 Å². The summed E-state index contributed by atoms with van der Waals surface area (Å²) in [7, 11) is 0. The third-order valence-electron chi connectivity index (χ3n) is 2.90. The Kier molecular flexibility index (Phi) is 3.74. The Bertz CT molecular complexity index is 343. The maximum absolute atomic E-state index is 5.73. The number of ether oxygens (including phenoxy) is 1. The van der Waals surface area contributed by atoms with E-state index in [4.69, 9.17) is 10.5 Å². The quantitative estimate of drug-likeness (QED) is 0.835. The maximum atomic E-state index is 5.73. The van der Waals surface area contributed by atoms with Gasteiger partial charge in [-0.05, 0) is 18.6 Å². The third kappa shape index (κ3) is 2.93. The molecule has 0 aliphatic carbocycles. The maximum Gasteiger partial charge on any atom is 0.0700 e. The fourth-order valence-corrected chi connectivity index (χ4v) is 1.98. The van der Waals surface area contributed by atoms with E-state index in [-0.39, 0.29) is 0 Å². The SMILES string of the molecule is CCC1CN(Cc2cc(N)ccn2)CCO1. The number of nitrogens with two attached hydrogens (primary N) is 1. The summed E-state index contributed by atoms with van der Waals surface area (Å²) in [5.41, 5.74) is 7.56. The number of nitrogens with zero attached hydrogens (tertiary/aromatic N) is 2. The van der Waals surface area contributed by atoms with Crippen LogP contribution in [0.2, 0.25) is 0 Å². The minimum absolute atomic E-state index is 0.370. The molecule has 1 aliphatic rings. The van der Waals surface area contributed by atoms with Crippen molar-refractivity contribution in [2.24, 2.45) is 0 Å². The first kappa shape index (κ1) is 11.4. The second-order valence-corrected chi connectivity index (χ2v) is 4.22. The minimum Gasteiger partial charge on any atom is -0.399 e. The highest BCUT2D eigenvalue weighted by atomic mass is 16.5. The molecular formula is C12H19N3O. The number of pyridine rings is 1. The molecule has 0 saturated carbocycles. The number of hydrogen-bond acceptors (Lipinski definition) is 4. The summed E-state index contributed by atoms with van der Waals surface area (Å²) in [6.07, 6.45) is 3.21. The molecule has 16 heavy (non-hydrogen) atoms. The molecule has 0 radical (unpaired) electrons. The predicted molar refractivity (Wildman–Crippen MR) is 64.0 cm³/mol. The van der Waals surface area contributed by atoms with Crippen LogP contribution in [0.3, 0.4) is 0 Å². The molecular weight excluding hydrogens is 202 g/mol. The summed E-state index contributed by atoms with van der Waals surface area (Å²) in [6.45, 7) is 5.82. The van der Waals surface area contributed by atoms with Gasteiger partial charge < -0.3 is 10.5 Å². The second-order valence-electron chi connectivity index (χ2n) is 4.22. The van der Waals surface area contributed by atoms with Gasteiger partial charge in [0.2, 0.25) is 0 Å².